The van der Waals surface area contributed by atoms with Crippen LogP contribution in [0, 0.1) is 0 Å². The number of benzene rings is 8. The van der Waals surface area contributed by atoms with Gasteiger partial charge < -0.3 is 13.7 Å². The van der Waals surface area contributed by atoms with Crippen molar-refractivity contribution in [3.8, 4) is 22.3 Å². The van der Waals surface area contributed by atoms with Crippen LogP contribution in [0.5, 0.6) is 0 Å². The van der Waals surface area contributed by atoms with Gasteiger partial charge in [-0.2, -0.15) is 0 Å². The third-order valence-electron chi connectivity index (χ3n) is 11.3. The molecule has 3 heteroatoms. The second-order valence-electron chi connectivity index (χ2n) is 14.5. The lowest BCUT2D eigenvalue weighted by atomic mass is 9.82. The van der Waals surface area contributed by atoms with Crippen molar-refractivity contribution in [3.63, 3.8) is 0 Å². The minimum Gasteiger partial charge on any atom is -0.456 e. The predicted molar refractivity (Wildman–Crippen MR) is 216 cm³/mol. The Morgan fingerprint density at radius 3 is 1.85 bits per heavy atom. The zero-order valence-electron chi connectivity index (χ0n) is 28.9. The zero-order chi connectivity index (χ0) is 34.6. The summed E-state index contributed by atoms with van der Waals surface area (Å²) in [5, 5.41) is 6.96. The average Bonchev–Trinajstić information content (AvgIpc) is 3.83. The molecule has 1 aliphatic rings. The first-order chi connectivity index (χ1) is 25.5. The van der Waals surface area contributed by atoms with Crippen LogP contribution in [0.1, 0.15) is 25.0 Å². The van der Waals surface area contributed by atoms with Crippen LogP contribution in [0.2, 0.25) is 0 Å². The summed E-state index contributed by atoms with van der Waals surface area (Å²) in [7, 11) is 0. The largest absolute Gasteiger partial charge is 0.456 e. The molecule has 2 heterocycles. The molecule has 3 nitrogen and oxygen atoms in total. The number of fused-ring (bicyclic) bond motifs is 11. The first-order valence-electron chi connectivity index (χ1n) is 17.9. The van der Waals surface area contributed by atoms with E-state index in [4.69, 9.17) is 8.83 Å². The van der Waals surface area contributed by atoms with Gasteiger partial charge in [-0.05, 0) is 105 Å². The van der Waals surface area contributed by atoms with E-state index < -0.39 is 0 Å². The number of para-hydroxylation sites is 2. The van der Waals surface area contributed by atoms with E-state index in [1.807, 2.05) is 24.3 Å². The molecule has 11 rings (SSSR count). The Kier molecular flexibility index (Phi) is 6.01. The van der Waals surface area contributed by atoms with E-state index in [9.17, 15) is 0 Å². The van der Waals surface area contributed by atoms with E-state index >= 15 is 0 Å². The Morgan fingerprint density at radius 1 is 0.385 bits per heavy atom. The molecule has 8 aromatic carbocycles. The Bertz CT molecular complexity index is 3050. The molecular formula is C49H33NO2. The summed E-state index contributed by atoms with van der Waals surface area (Å²) >= 11 is 0. The van der Waals surface area contributed by atoms with Crippen molar-refractivity contribution < 1.29 is 8.83 Å². The number of rotatable bonds is 4. The Morgan fingerprint density at radius 2 is 0.981 bits per heavy atom. The van der Waals surface area contributed by atoms with E-state index in [0.29, 0.717) is 0 Å². The monoisotopic (exact) mass is 667 g/mol. The quantitative estimate of drug-likeness (QED) is 0.187. The van der Waals surface area contributed by atoms with Gasteiger partial charge in [0.15, 0.2) is 0 Å². The Labute approximate surface area is 301 Å². The summed E-state index contributed by atoms with van der Waals surface area (Å²) in [6.07, 6.45) is 0. The molecule has 0 bridgehead atoms. The lowest BCUT2D eigenvalue weighted by Gasteiger charge is -2.27. The lowest BCUT2D eigenvalue weighted by molar-refractivity contribution is 0.660. The molecule has 0 radical (unpaired) electrons. The summed E-state index contributed by atoms with van der Waals surface area (Å²) in [6.45, 7) is 4.66. The fraction of sp³-hybridized carbons (Fsp3) is 0.0612. The van der Waals surface area contributed by atoms with Gasteiger partial charge in [-0.1, -0.05) is 117 Å². The fourth-order valence-electron chi connectivity index (χ4n) is 8.77. The van der Waals surface area contributed by atoms with Crippen LogP contribution >= 0.6 is 0 Å². The van der Waals surface area contributed by atoms with E-state index in [1.54, 1.807) is 0 Å². The molecule has 0 saturated carbocycles. The second kappa shape index (κ2) is 10.7. The van der Waals surface area contributed by atoms with E-state index in [2.05, 4.69) is 158 Å². The van der Waals surface area contributed by atoms with E-state index in [0.717, 1.165) is 55.6 Å². The molecule has 52 heavy (non-hydrogen) atoms. The van der Waals surface area contributed by atoms with Gasteiger partial charge in [-0.25, -0.2) is 0 Å². The van der Waals surface area contributed by atoms with Crippen LogP contribution in [0.25, 0.3) is 76.9 Å². The lowest BCUT2D eigenvalue weighted by Crippen LogP contribution is -2.15. The van der Waals surface area contributed by atoms with Crippen LogP contribution in [-0.2, 0) is 5.41 Å². The molecule has 2 aromatic heterocycles. The Balaban J connectivity index is 1.08. The third-order valence-corrected chi connectivity index (χ3v) is 11.3. The molecule has 0 saturated heterocycles. The van der Waals surface area contributed by atoms with Gasteiger partial charge in [0, 0.05) is 44.0 Å². The number of furan rings is 2. The Hall–Kier alpha value is -6.58. The predicted octanol–water partition coefficient (Wildman–Crippen LogP) is 14.1. The van der Waals surface area contributed by atoms with E-state index in [1.165, 1.54) is 49.5 Å². The first-order valence-corrected chi connectivity index (χ1v) is 17.9. The molecule has 0 unspecified atom stereocenters. The molecule has 0 atom stereocenters. The molecule has 0 spiro atoms. The highest BCUT2D eigenvalue weighted by Crippen LogP contribution is 2.51. The van der Waals surface area contributed by atoms with Gasteiger partial charge in [0.2, 0.25) is 0 Å². The molecule has 0 aliphatic heterocycles. The molecule has 1 aliphatic carbocycles. The SMILES string of the molecule is CC1(C)c2ccccc2-c2cc(N(c3ccc(-c4cccc5c4ccc4oc6ccccc6c45)cc3)c3ccc4oc5ccccc5c4c3)ccc21. The number of anilines is 3. The summed E-state index contributed by atoms with van der Waals surface area (Å²) in [4.78, 5) is 2.38. The molecule has 0 amide bonds. The average molecular weight is 668 g/mol. The highest BCUT2D eigenvalue weighted by molar-refractivity contribution is 6.21. The summed E-state index contributed by atoms with van der Waals surface area (Å²) in [5.41, 5.74) is 14.6. The summed E-state index contributed by atoms with van der Waals surface area (Å²) < 4.78 is 12.5. The van der Waals surface area contributed by atoms with Crippen molar-refractivity contribution in [1.29, 1.82) is 0 Å². The van der Waals surface area contributed by atoms with Gasteiger partial charge in [0.25, 0.3) is 0 Å². The molecular weight excluding hydrogens is 635 g/mol. The van der Waals surface area contributed by atoms with Gasteiger partial charge in [-0.3, -0.25) is 0 Å². The van der Waals surface area contributed by atoms with Gasteiger partial charge >= 0.3 is 0 Å². The molecule has 0 fully saturated rings. The van der Waals surface area contributed by atoms with Crippen molar-refractivity contribution in [2.24, 2.45) is 0 Å². The first kappa shape index (κ1) is 29.2. The van der Waals surface area contributed by atoms with Crippen molar-refractivity contribution in [2.45, 2.75) is 19.3 Å². The molecule has 10 aromatic rings. The summed E-state index contributed by atoms with van der Waals surface area (Å²) in [5.74, 6) is 0. The molecule has 0 N–H and O–H groups in total. The van der Waals surface area contributed by atoms with Crippen LogP contribution < -0.4 is 4.90 Å². The van der Waals surface area contributed by atoms with Crippen molar-refractivity contribution in [3.05, 3.63) is 175 Å². The van der Waals surface area contributed by atoms with Gasteiger partial charge in [0.05, 0.1) is 0 Å². The van der Waals surface area contributed by atoms with Crippen molar-refractivity contribution in [1.82, 2.24) is 0 Å². The van der Waals surface area contributed by atoms with Crippen molar-refractivity contribution in [2.75, 3.05) is 4.90 Å². The summed E-state index contributed by atoms with van der Waals surface area (Å²) in [6, 6.07) is 58.9. The number of hydrogen-bond donors (Lipinski definition) is 0. The van der Waals surface area contributed by atoms with Gasteiger partial charge in [0.1, 0.15) is 22.3 Å². The van der Waals surface area contributed by atoms with Crippen molar-refractivity contribution >= 4 is 71.7 Å². The highest BCUT2D eigenvalue weighted by Gasteiger charge is 2.35. The smallest absolute Gasteiger partial charge is 0.136 e. The standard InChI is InChI=1S/C49H33NO2/c1-49(2)42-15-6-3-10-36(42)40-28-32(22-25-43(40)49)50(33-23-26-46-41(29-33)37-11-4-7-16-44(37)51-46)31-20-18-30(19-21-31)34-13-9-14-38-35(34)24-27-47-48(38)39-12-5-8-17-45(39)52-47/h3-29H,1-2H3. The minimum absolute atomic E-state index is 0.0572. The topological polar surface area (TPSA) is 29.5 Å². The number of nitrogens with zero attached hydrogens (tertiary/aromatic N) is 1. The fourth-order valence-corrected chi connectivity index (χ4v) is 8.77. The van der Waals surface area contributed by atoms with Gasteiger partial charge in [-0.15, -0.1) is 0 Å². The maximum atomic E-state index is 6.24. The van der Waals surface area contributed by atoms with E-state index in [-0.39, 0.29) is 5.41 Å². The minimum atomic E-state index is -0.0572. The second-order valence-corrected chi connectivity index (χ2v) is 14.5. The third kappa shape index (κ3) is 4.14. The maximum Gasteiger partial charge on any atom is 0.136 e. The van der Waals surface area contributed by atoms with Crippen LogP contribution in [-0.4, -0.2) is 0 Å². The molecule has 246 valence electrons. The zero-order valence-corrected chi connectivity index (χ0v) is 28.9. The highest BCUT2D eigenvalue weighted by atomic mass is 16.3. The van der Waals surface area contributed by atoms with Crippen LogP contribution in [0.4, 0.5) is 17.1 Å². The van der Waals surface area contributed by atoms with Crippen LogP contribution in [0.3, 0.4) is 0 Å². The number of hydrogen-bond acceptors (Lipinski definition) is 3. The normalized spacial score (nSPS) is 13.3. The maximum absolute atomic E-state index is 6.24. The van der Waals surface area contributed by atoms with Crippen LogP contribution in [0.15, 0.2) is 173 Å².